The minimum atomic E-state index is -0.194. The summed E-state index contributed by atoms with van der Waals surface area (Å²) in [6.07, 6.45) is 3.14. The Morgan fingerprint density at radius 2 is 2.29 bits per heavy atom. The van der Waals surface area contributed by atoms with E-state index in [0.717, 1.165) is 11.3 Å². The second kappa shape index (κ2) is 5.76. The number of rotatable bonds is 4. The lowest BCUT2D eigenvalue weighted by Crippen LogP contribution is -2.12. The van der Waals surface area contributed by atoms with Gasteiger partial charge in [-0.15, -0.1) is 11.3 Å². The lowest BCUT2D eigenvalue weighted by Gasteiger charge is -2.07. The number of nitrogens with two attached hydrogens (primary N) is 1. The largest absolute Gasteiger partial charge is 0.397 e. The normalized spacial score (nSPS) is 10.5. The predicted octanol–water partition coefficient (Wildman–Crippen LogP) is 2.22. The first-order chi connectivity index (χ1) is 10.2. The Bertz CT molecular complexity index is 750. The number of hydrogen-bond acceptors (Lipinski definition) is 5. The van der Waals surface area contributed by atoms with Crippen LogP contribution >= 0.6 is 11.3 Å². The van der Waals surface area contributed by atoms with E-state index in [1.807, 2.05) is 24.3 Å². The van der Waals surface area contributed by atoms with Crippen LogP contribution in [0, 0.1) is 0 Å². The highest BCUT2D eigenvalue weighted by atomic mass is 32.1. The quantitative estimate of drug-likeness (QED) is 0.773. The number of carbonyl (C=O) groups is 1. The molecular formula is C14H13N5OS. The zero-order valence-corrected chi connectivity index (χ0v) is 11.9. The fourth-order valence-corrected chi connectivity index (χ4v) is 2.65. The van der Waals surface area contributed by atoms with Gasteiger partial charge in [-0.3, -0.25) is 4.79 Å². The summed E-state index contributed by atoms with van der Waals surface area (Å²) >= 11 is 1.33. The van der Waals surface area contributed by atoms with Crippen LogP contribution in [-0.4, -0.2) is 20.7 Å². The lowest BCUT2D eigenvalue weighted by atomic mass is 10.2. The topological polar surface area (TPSA) is 85.8 Å². The number of nitrogen functional groups attached to an aromatic ring is 1. The van der Waals surface area contributed by atoms with Gasteiger partial charge in [0.2, 0.25) is 0 Å². The summed E-state index contributed by atoms with van der Waals surface area (Å²) in [6.45, 7) is 0.602. The van der Waals surface area contributed by atoms with Crippen LogP contribution < -0.4 is 11.1 Å². The van der Waals surface area contributed by atoms with E-state index in [-0.39, 0.29) is 5.91 Å². The van der Waals surface area contributed by atoms with Gasteiger partial charge >= 0.3 is 0 Å². The molecule has 0 atom stereocenters. The molecule has 2 heterocycles. The molecule has 2 aromatic heterocycles. The van der Waals surface area contributed by atoms with Crippen LogP contribution in [0.4, 0.5) is 11.4 Å². The number of benzene rings is 1. The number of anilines is 2. The van der Waals surface area contributed by atoms with Gasteiger partial charge in [-0.1, -0.05) is 12.1 Å². The third-order valence-electron chi connectivity index (χ3n) is 2.90. The van der Waals surface area contributed by atoms with Crippen molar-refractivity contribution in [2.24, 2.45) is 0 Å². The highest BCUT2D eigenvalue weighted by molar-refractivity contribution is 7.12. The zero-order chi connectivity index (χ0) is 14.7. The van der Waals surface area contributed by atoms with Crippen molar-refractivity contribution >= 4 is 28.6 Å². The fraction of sp³-hybridized carbons (Fsp3) is 0.0714. The Balaban J connectivity index is 1.74. The van der Waals surface area contributed by atoms with E-state index in [1.165, 1.54) is 17.7 Å². The smallest absolute Gasteiger partial charge is 0.267 e. The van der Waals surface area contributed by atoms with Crippen molar-refractivity contribution in [3.05, 3.63) is 58.8 Å². The SMILES string of the molecule is Nc1ccsc1C(=O)Nc1cccc(Cn2cncn2)c1. The number of nitrogens with one attached hydrogen (secondary N) is 1. The number of hydrogen-bond donors (Lipinski definition) is 2. The number of carbonyl (C=O) groups excluding carboxylic acids is 1. The molecule has 0 fully saturated rings. The molecule has 0 unspecified atom stereocenters. The molecule has 106 valence electrons. The summed E-state index contributed by atoms with van der Waals surface area (Å²) in [5, 5.41) is 8.71. The summed E-state index contributed by atoms with van der Waals surface area (Å²) in [5.74, 6) is -0.194. The lowest BCUT2D eigenvalue weighted by molar-refractivity contribution is 0.103. The van der Waals surface area contributed by atoms with Crippen LogP contribution in [0.2, 0.25) is 0 Å². The third kappa shape index (κ3) is 3.09. The molecule has 6 nitrogen and oxygen atoms in total. The average molecular weight is 299 g/mol. The van der Waals surface area contributed by atoms with Crippen molar-refractivity contribution in [3.63, 3.8) is 0 Å². The highest BCUT2D eigenvalue weighted by Crippen LogP contribution is 2.21. The van der Waals surface area contributed by atoms with Crippen molar-refractivity contribution < 1.29 is 4.79 Å². The molecule has 3 N–H and O–H groups in total. The van der Waals surface area contributed by atoms with Crippen molar-refractivity contribution in [1.29, 1.82) is 0 Å². The standard InChI is InChI=1S/C14H13N5OS/c15-12-4-5-21-13(12)14(20)18-11-3-1-2-10(6-11)7-19-9-16-8-17-19/h1-6,8-9H,7,15H2,(H,18,20). The molecule has 0 radical (unpaired) electrons. The zero-order valence-electron chi connectivity index (χ0n) is 11.1. The first-order valence-corrected chi connectivity index (χ1v) is 7.16. The van der Waals surface area contributed by atoms with E-state index >= 15 is 0 Å². The molecule has 0 spiro atoms. The van der Waals surface area contributed by atoms with Crippen LogP contribution in [0.1, 0.15) is 15.2 Å². The van der Waals surface area contributed by atoms with Gasteiger partial charge in [-0.25, -0.2) is 9.67 Å². The number of thiophene rings is 1. The second-order valence-electron chi connectivity index (χ2n) is 4.45. The molecule has 7 heteroatoms. The molecule has 1 amide bonds. The van der Waals surface area contributed by atoms with Crippen molar-refractivity contribution in [3.8, 4) is 0 Å². The molecule has 3 rings (SSSR count). The Labute approximate surface area is 125 Å². The third-order valence-corrected chi connectivity index (χ3v) is 3.83. The predicted molar refractivity (Wildman–Crippen MR) is 82.3 cm³/mol. The van der Waals surface area contributed by atoms with Crippen LogP contribution in [0.5, 0.6) is 0 Å². The summed E-state index contributed by atoms with van der Waals surface area (Å²) < 4.78 is 1.72. The number of nitrogens with zero attached hydrogens (tertiary/aromatic N) is 3. The van der Waals surface area contributed by atoms with Gasteiger partial charge in [0.05, 0.1) is 12.2 Å². The van der Waals surface area contributed by atoms with Gasteiger partial charge in [0.25, 0.3) is 5.91 Å². The fourth-order valence-electron chi connectivity index (χ4n) is 1.94. The van der Waals surface area contributed by atoms with Gasteiger partial charge in [-0.05, 0) is 29.1 Å². The molecule has 3 aromatic rings. The molecule has 0 aliphatic heterocycles. The Morgan fingerprint density at radius 3 is 3.00 bits per heavy atom. The molecule has 0 aliphatic rings. The Hall–Kier alpha value is -2.67. The molecule has 0 bridgehead atoms. The molecular weight excluding hydrogens is 286 g/mol. The summed E-state index contributed by atoms with van der Waals surface area (Å²) in [4.78, 5) is 16.5. The van der Waals surface area contributed by atoms with Gasteiger partial charge in [0.15, 0.2) is 0 Å². The van der Waals surface area contributed by atoms with Crippen LogP contribution in [0.15, 0.2) is 48.4 Å². The Kier molecular flexibility index (Phi) is 3.65. The second-order valence-corrected chi connectivity index (χ2v) is 5.37. The van der Waals surface area contributed by atoms with E-state index < -0.39 is 0 Å². The molecule has 0 saturated heterocycles. The maximum Gasteiger partial charge on any atom is 0.267 e. The summed E-state index contributed by atoms with van der Waals surface area (Å²) in [6, 6.07) is 9.33. The van der Waals surface area contributed by atoms with Crippen molar-refractivity contribution in [2.45, 2.75) is 6.54 Å². The maximum absolute atomic E-state index is 12.1. The van der Waals surface area contributed by atoms with Crippen LogP contribution in [0.3, 0.4) is 0 Å². The van der Waals surface area contributed by atoms with E-state index in [2.05, 4.69) is 15.4 Å². The van der Waals surface area contributed by atoms with Crippen LogP contribution in [-0.2, 0) is 6.54 Å². The van der Waals surface area contributed by atoms with E-state index in [4.69, 9.17) is 5.73 Å². The van der Waals surface area contributed by atoms with Crippen LogP contribution in [0.25, 0.3) is 0 Å². The minimum absolute atomic E-state index is 0.194. The highest BCUT2D eigenvalue weighted by Gasteiger charge is 2.11. The summed E-state index contributed by atoms with van der Waals surface area (Å²) in [5.41, 5.74) is 8.00. The van der Waals surface area contributed by atoms with E-state index in [1.54, 1.807) is 22.5 Å². The van der Waals surface area contributed by atoms with Crippen molar-refractivity contribution in [1.82, 2.24) is 14.8 Å². The number of aromatic nitrogens is 3. The maximum atomic E-state index is 12.1. The summed E-state index contributed by atoms with van der Waals surface area (Å²) in [7, 11) is 0. The first kappa shape index (κ1) is 13.3. The molecule has 0 saturated carbocycles. The van der Waals surface area contributed by atoms with Gasteiger partial charge in [0, 0.05) is 5.69 Å². The van der Waals surface area contributed by atoms with E-state index in [0.29, 0.717) is 17.1 Å². The average Bonchev–Trinajstić information content (AvgIpc) is 3.10. The molecule has 21 heavy (non-hydrogen) atoms. The first-order valence-electron chi connectivity index (χ1n) is 6.28. The van der Waals surface area contributed by atoms with E-state index in [9.17, 15) is 4.79 Å². The Morgan fingerprint density at radius 1 is 1.38 bits per heavy atom. The minimum Gasteiger partial charge on any atom is -0.397 e. The van der Waals surface area contributed by atoms with Gasteiger partial charge in [-0.2, -0.15) is 5.10 Å². The molecule has 1 aromatic carbocycles. The van der Waals surface area contributed by atoms with Crippen molar-refractivity contribution in [2.75, 3.05) is 11.1 Å². The molecule has 0 aliphatic carbocycles. The van der Waals surface area contributed by atoms with Gasteiger partial charge < -0.3 is 11.1 Å². The van der Waals surface area contributed by atoms with Gasteiger partial charge in [0.1, 0.15) is 17.5 Å². The monoisotopic (exact) mass is 299 g/mol. The number of amides is 1.